The second kappa shape index (κ2) is 8.89. The number of aromatic nitrogens is 2. The molecule has 1 saturated heterocycles. The standard InChI is InChI=1S/C19H24N4O2S/c1-14-7-9-23(10-8-14)17-11-19(21-13-20-17)26-12-18(24)22-15-5-3-4-6-16(15)25-2/h3-6,11,13-14H,7-10,12H2,1-2H3,(H,22,24). The number of piperidine rings is 1. The molecule has 1 amide bonds. The Morgan fingerprint density at radius 2 is 2.08 bits per heavy atom. The van der Waals surface area contributed by atoms with Crippen molar-refractivity contribution in [2.45, 2.75) is 24.8 Å². The van der Waals surface area contributed by atoms with Gasteiger partial charge in [0, 0.05) is 19.2 Å². The molecule has 2 aromatic rings. The second-order valence-electron chi connectivity index (χ2n) is 6.42. The van der Waals surface area contributed by atoms with Crippen LogP contribution >= 0.6 is 11.8 Å². The molecule has 26 heavy (non-hydrogen) atoms. The first-order chi connectivity index (χ1) is 12.7. The van der Waals surface area contributed by atoms with Gasteiger partial charge in [0.15, 0.2) is 0 Å². The van der Waals surface area contributed by atoms with Gasteiger partial charge in [0.05, 0.1) is 18.6 Å². The number of nitrogens with zero attached hydrogens (tertiary/aromatic N) is 3. The van der Waals surface area contributed by atoms with Crippen molar-refractivity contribution < 1.29 is 9.53 Å². The minimum atomic E-state index is -0.0912. The van der Waals surface area contributed by atoms with Crippen LogP contribution in [0.4, 0.5) is 11.5 Å². The van der Waals surface area contributed by atoms with Gasteiger partial charge in [-0.2, -0.15) is 0 Å². The van der Waals surface area contributed by atoms with Crippen molar-refractivity contribution in [3.63, 3.8) is 0 Å². The molecule has 0 radical (unpaired) electrons. The highest BCUT2D eigenvalue weighted by atomic mass is 32.2. The van der Waals surface area contributed by atoms with Crippen molar-refractivity contribution in [1.82, 2.24) is 9.97 Å². The molecule has 138 valence electrons. The minimum Gasteiger partial charge on any atom is -0.495 e. The molecule has 1 aliphatic heterocycles. The summed E-state index contributed by atoms with van der Waals surface area (Å²) in [5, 5.41) is 3.69. The Bertz CT molecular complexity index is 748. The molecule has 6 nitrogen and oxygen atoms in total. The summed E-state index contributed by atoms with van der Waals surface area (Å²) in [6.45, 7) is 4.34. The third-order valence-electron chi connectivity index (χ3n) is 4.47. The molecule has 1 N–H and O–H groups in total. The van der Waals surface area contributed by atoms with Crippen molar-refractivity contribution in [3.8, 4) is 5.75 Å². The van der Waals surface area contributed by atoms with Gasteiger partial charge in [-0.1, -0.05) is 30.8 Å². The predicted octanol–water partition coefficient (Wildman–Crippen LogP) is 3.45. The zero-order valence-corrected chi connectivity index (χ0v) is 16.0. The van der Waals surface area contributed by atoms with Gasteiger partial charge >= 0.3 is 0 Å². The first-order valence-corrected chi connectivity index (χ1v) is 9.77. The number of amides is 1. The highest BCUT2D eigenvalue weighted by Gasteiger charge is 2.17. The number of carbonyl (C=O) groups is 1. The van der Waals surface area contributed by atoms with Crippen molar-refractivity contribution in [2.24, 2.45) is 5.92 Å². The zero-order chi connectivity index (χ0) is 18.4. The Hall–Kier alpha value is -2.28. The van der Waals surface area contributed by atoms with E-state index in [1.165, 1.54) is 24.6 Å². The first-order valence-electron chi connectivity index (χ1n) is 8.78. The van der Waals surface area contributed by atoms with Crippen LogP contribution in [0.15, 0.2) is 41.7 Å². The van der Waals surface area contributed by atoms with Gasteiger partial charge in [-0.05, 0) is 30.9 Å². The number of benzene rings is 1. The summed E-state index contributed by atoms with van der Waals surface area (Å²) in [4.78, 5) is 23.2. The van der Waals surface area contributed by atoms with Crippen LogP contribution in [0.25, 0.3) is 0 Å². The fourth-order valence-corrected chi connectivity index (χ4v) is 3.55. The molecule has 7 heteroatoms. The lowest BCUT2D eigenvalue weighted by atomic mass is 9.99. The van der Waals surface area contributed by atoms with E-state index in [4.69, 9.17) is 4.74 Å². The average Bonchev–Trinajstić information content (AvgIpc) is 2.67. The van der Waals surface area contributed by atoms with Crippen LogP contribution in [-0.2, 0) is 4.79 Å². The van der Waals surface area contributed by atoms with Gasteiger partial charge in [0.2, 0.25) is 5.91 Å². The Morgan fingerprint density at radius 1 is 1.31 bits per heavy atom. The fraction of sp³-hybridized carbons (Fsp3) is 0.421. The van der Waals surface area contributed by atoms with Gasteiger partial charge in [-0.25, -0.2) is 9.97 Å². The topological polar surface area (TPSA) is 67.3 Å². The molecule has 0 atom stereocenters. The normalized spacial score (nSPS) is 14.9. The van der Waals surface area contributed by atoms with E-state index in [1.807, 2.05) is 30.3 Å². The van der Waals surface area contributed by atoms with Crippen molar-refractivity contribution in [1.29, 1.82) is 0 Å². The maximum Gasteiger partial charge on any atom is 0.234 e. The number of nitrogens with one attached hydrogen (secondary N) is 1. The summed E-state index contributed by atoms with van der Waals surface area (Å²) in [7, 11) is 1.59. The maximum atomic E-state index is 12.2. The summed E-state index contributed by atoms with van der Waals surface area (Å²) in [5.41, 5.74) is 0.673. The predicted molar refractivity (Wildman–Crippen MR) is 105 cm³/mol. The molecule has 0 unspecified atom stereocenters. The molecular formula is C19H24N4O2S. The first kappa shape index (κ1) is 18.5. The SMILES string of the molecule is COc1ccccc1NC(=O)CSc1cc(N2CCC(C)CC2)ncn1. The molecule has 1 aromatic heterocycles. The second-order valence-corrected chi connectivity index (χ2v) is 7.42. The smallest absolute Gasteiger partial charge is 0.234 e. The monoisotopic (exact) mass is 372 g/mol. The van der Waals surface area contributed by atoms with Gasteiger partial charge in [-0.3, -0.25) is 4.79 Å². The van der Waals surface area contributed by atoms with Gasteiger partial charge < -0.3 is 15.0 Å². The third-order valence-corrected chi connectivity index (χ3v) is 5.39. The fourth-order valence-electron chi connectivity index (χ4n) is 2.89. The molecule has 3 rings (SSSR count). The van der Waals surface area contributed by atoms with E-state index in [-0.39, 0.29) is 11.7 Å². The summed E-state index contributed by atoms with van der Waals surface area (Å²) < 4.78 is 5.25. The van der Waals surface area contributed by atoms with E-state index < -0.39 is 0 Å². The number of anilines is 2. The summed E-state index contributed by atoms with van der Waals surface area (Å²) in [5.74, 6) is 2.56. The zero-order valence-electron chi connectivity index (χ0n) is 15.1. The van der Waals surface area contributed by atoms with Crippen molar-refractivity contribution >= 4 is 29.2 Å². The molecule has 1 aliphatic rings. The van der Waals surface area contributed by atoms with Crippen LogP contribution in [0, 0.1) is 5.92 Å². The van der Waals surface area contributed by atoms with Crippen molar-refractivity contribution in [2.75, 3.05) is 36.2 Å². The molecule has 0 bridgehead atoms. The van der Waals surface area contributed by atoms with E-state index in [2.05, 4.69) is 27.1 Å². The minimum absolute atomic E-state index is 0.0912. The molecule has 1 aromatic carbocycles. The molecule has 0 aliphatic carbocycles. The number of methoxy groups -OCH3 is 1. The van der Waals surface area contributed by atoms with E-state index >= 15 is 0 Å². The summed E-state index contributed by atoms with van der Waals surface area (Å²) >= 11 is 1.41. The molecule has 0 saturated carbocycles. The lowest BCUT2D eigenvalue weighted by molar-refractivity contribution is -0.113. The highest BCUT2D eigenvalue weighted by molar-refractivity contribution is 7.99. The largest absolute Gasteiger partial charge is 0.495 e. The van der Waals surface area contributed by atoms with Crippen LogP contribution in [0.1, 0.15) is 19.8 Å². The quantitative estimate of drug-likeness (QED) is 0.619. The maximum absolute atomic E-state index is 12.2. The number of carbonyl (C=O) groups excluding carboxylic acids is 1. The van der Waals surface area contributed by atoms with Gasteiger partial charge in [0.1, 0.15) is 22.9 Å². The molecule has 1 fully saturated rings. The van der Waals surface area contributed by atoms with Crippen LogP contribution in [0.5, 0.6) is 5.75 Å². The molecule has 2 heterocycles. The Kier molecular flexibility index (Phi) is 6.33. The highest BCUT2D eigenvalue weighted by Crippen LogP contribution is 2.26. The lowest BCUT2D eigenvalue weighted by Gasteiger charge is -2.31. The summed E-state index contributed by atoms with van der Waals surface area (Å²) in [6, 6.07) is 9.34. The number of rotatable bonds is 6. The van der Waals surface area contributed by atoms with E-state index in [0.717, 1.165) is 29.9 Å². The lowest BCUT2D eigenvalue weighted by Crippen LogP contribution is -2.33. The number of hydrogen-bond donors (Lipinski definition) is 1. The molecule has 0 spiro atoms. The number of ether oxygens (including phenoxy) is 1. The Balaban J connectivity index is 1.56. The third kappa shape index (κ3) is 4.88. The number of hydrogen-bond acceptors (Lipinski definition) is 6. The Labute approximate surface area is 158 Å². The number of thioether (sulfide) groups is 1. The van der Waals surface area contributed by atoms with Crippen molar-refractivity contribution in [3.05, 3.63) is 36.7 Å². The summed E-state index contributed by atoms with van der Waals surface area (Å²) in [6.07, 6.45) is 3.95. The average molecular weight is 372 g/mol. The van der Waals surface area contributed by atoms with Crippen LogP contribution < -0.4 is 15.0 Å². The van der Waals surface area contributed by atoms with Gasteiger partial charge in [0.25, 0.3) is 0 Å². The van der Waals surface area contributed by atoms with Crippen LogP contribution in [-0.4, -0.2) is 41.8 Å². The van der Waals surface area contributed by atoms with E-state index in [0.29, 0.717) is 11.4 Å². The Morgan fingerprint density at radius 3 is 2.85 bits per heavy atom. The van der Waals surface area contributed by atoms with Crippen LogP contribution in [0.2, 0.25) is 0 Å². The van der Waals surface area contributed by atoms with Gasteiger partial charge in [-0.15, -0.1) is 0 Å². The molecular weight excluding hydrogens is 348 g/mol. The van der Waals surface area contributed by atoms with Crippen LogP contribution in [0.3, 0.4) is 0 Å². The number of para-hydroxylation sites is 2. The van der Waals surface area contributed by atoms with E-state index in [9.17, 15) is 4.79 Å². The van der Waals surface area contributed by atoms with E-state index in [1.54, 1.807) is 13.4 Å².